The Morgan fingerprint density at radius 2 is 1.91 bits per heavy atom. The fourth-order valence-corrected chi connectivity index (χ4v) is 1.89. The van der Waals surface area contributed by atoms with Gasteiger partial charge in [0.1, 0.15) is 23.2 Å². The first-order valence-corrected chi connectivity index (χ1v) is 7.06. The molecule has 1 amide bonds. The molecular weight excluding hydrogens is 304 g/mol. The van der Waals surface area contributed by atoms with Crippen LogP contribution in [0.2, 0.25) is 0 Å². The predicted molar refractivity (Wildman–Crippen MR) is 81.8 cm³/mol. The van der Waals surface area contributed by atoms with Crippen molar-refractivity contribution in [2.45, 2.75) is 38.8 Å². The van der Waals surface area contributed by atoms with Crippen molar-refractivity contribution < 1.29 is 28.2 Å². The molecule has 0 aliphatic rings. The van der Waals surface area contributed by atoms with Crippen LogP contribution in [0.25, 0.3) is 0 Å². The number of carbonyl (C=O) groups excluding carboxylic acids is 2. The summed E-state index contributed by atoms with van der Waals surface area (Å²) in [4.78, 5) is 23.7. The van der Waals surface area contributed by atoms with E-state index in [9.17, 15) is 14.0 Å². The Morgan fingerprint density at radius 1 is 1.26 bits per heavy atom. The number of ether oxygens (including phenoxy) is 3. The first-order chi connectivity index (χ1) is 10.7. The minimum absolute atomic E-state index is 0.0787. The van der Waals surface area contributed by atoms with Crippen LogP contribution in [-0.4, -0.2) is 37.9 Å². The molecule has 0 aliphatic carbocycles. The Morgan fingerprint density at radius 3 is 2.43 bits per heavy atom. The van der Waals surface area contributed by atoms with Crippen LogP contribution in [0.3, 0.4) is 0 Å². The first-order valence-electron chi connectivity index (χ1n) is 7.06. The van der Waals surface area contributed by atoms with E-state index in [4.69, 9.17) is 9.47 Å². The SMILES string of the molecule is COC(=O)C(Cc1ccc([18F])cc1OC)NC(=O)OC(C)(C)C. The van der Waals surface area contributed by atoms with Gasteiger partial charge in [-0.25, -0.2) is 14.0 Å². The van der Waals surface area contributed by atoms with Crippen molar-refractivity contribution in [3.63, 3.8) is 0 Å². The average molecular weight is 326 g/mol. The number of alkyl carbamates (subject to hydrolysis) is 1. The summed E-state index contributed by atoms with van der Waals surface area (Å²) in [5, 5.41) is 2.45. The van der Waals surface area contributed by atoms with Crippen LogP contribution in [0, 0.1) is 5.82 Å². The lowest BCUT2D eigenvalue weighted by molar-refractivity contribution is -0.143. The van der Waals surface area contributed by atoms with Gasteiger partial charge in [0.2, 0.25) is 0 Å². The molecule has 0 saturated carbocycles. The van der Waals surface area contributed by atoms with E-state index in [1.807, 2.05) is 0 Å². The number of carbonyl (C=O) groups is 2. The molecule has 0 aliphatic heterocycles. The highest BCUT2D eigenvalue weighted by Crippen LogP contribution is 2.21. The Hall–Kier alpha value is -2.31. The van der Waals surface area contributed by atoms with Gasteiger partial charge in [-0.3, -0.25) is 0 Å². The van der Waals surface area contributed by atoms with Crippen LogP contribution in [0.1, 0.15) is 26.3 Å². The second-order valence-corrected chi connectivity index (χ2v) is 5.88. The van der Waals surface area contributed by atoms with Crippen LogP contribution >= 0.6 is 0 Å². The zero-order chi connectivity index (χ0) is 17.6. The third-order valence-corrected chi connectivity index (χ3v) is 2.85. The molecule has 1 unspecified atom stereocenters. The lowest BCUT2D eigenvalue weighted by Crippen LogP contribution is -2.45. The maximum atomic E-state index is 13.2. The summed E-state index contributed by atoms with van der Waals surface area (Å²) in [6.07, 6.45) is -0.663. The topological polar surface area (TPSA) is 73.9 Å². The normalized spacial score (nSPS) is 12.3. The van der Waals surface area contributed by atoms with Crippen LogP contribution in [-0.2, 0) is 20.7 Å². The van der Waals surface area contributed by atoms with E-state index in [-0.39, 0.29) is 12.2 Å². The summed E-state index contributed by atoms with van der Waals surface area (Å²) < 4.78 is 28.1. The molecule has 7 heteroatoms. The van der Waals surface area contributed by atoms with Crippen molar-refractivity contribution >= 4 is 12.1 Å². The van der Waals surface area contributed by atoms with Gasteiger partial charge in [0, 0.05) is 12.5 Å². The van der Waals surface area contributed by atoms with E-state index in [2.05, 4.69) is 10.1 Å². The van der Waals surface area contributed by atoms with Crippen LogP contribution < -0.4 is 10.1 Å². The third kappa shape index (κ3) is 6.14. The fraction of sp³-hybridized carbons (Fsp3) is 0.500. The van der Waals surface area contributed by atoms with E-state index in [1.54, 1.807) is 20.8 Å². The van der Waals surface area contributed by atoms with Gasteiger partial charge in [-0.2, -0.15) is 0 Å². The molecular formula is C16H22FNO5. The van der Waals surface area contributed by atoms with E-state index >= 15 is 0 Å². The van der Waals surface area contributed by atoms with Crippen molar-refractivity contribution in [3.8, 4) is 5.75 Å². The van der Waals surface area contributed by atoms with Crippen molar-refractivity contribution in [2.24, 2.45) is 0 Å². The molecule has 1 aromatic rings. The smallest absolute Gasteiger partial charge is 0.408 e. The second-order valence-electron chi connectivity index (χ2n) is 5.88. The molecule has 0 radical (unpaired) electrons. The lowest BCUT2D eigenvalue weighted by atomic mass is 10.0. The molecule has 6 nitrogen and oxygen atoms in total. The summed E-state index contributed by atoms with van der Waals surface area (Å²) in [5.41, 5.74) is -0.140. The summed E-state index contributed by atoms with van der Waals surface area (Å²) in [6.45, 7) is 5.13. The van der Waals surface area contributed by atoms with E-state index < -0.39 is 29.5 Å². The van der Waals surface area contributed by atoms with E-state index in [0.29, 0.717) is 5.56 Å². The highest BCUT2D eigenvalue weighted by atomic mass is 18.2. The molecule has 0 fully saturated rings. The number of methoxy groups -OCH3 is 2. The van der Waals surface area contributed by atoms with Crippen molar-refractivity contribution in [1.29, 1.82) is 0 Å². The van der Waals surface area contributed by atoms with Crippen molar-refractivity contribution in [2.75, 3.05) is 14.2 Å². The monoisotopic (exact) mass is 326 g/mol. The molecule has 0 saturated heterocycles. The highest BCUT2D eigenvalue weighted by Gasteiger charge is 2.26. The molecule has 0 spiro atoms. The molecule has 1 N–H and O–H groups in total. The minimum atomic E-state index is -0.978. The number of esters is 1. The van der Waals surface area contributed by atoms with Gasteiger partial charge in [-0.05, 0) is 32.4 Å². The van der Waals surface area contributed by atoms with Crippen LogP contribution in [0.5, 0.6) is 5.75 Å². The van der Waals surface area contributed by atoms with E-state index in [1.165, 1.54) is 32.4 Å². The van der Waals surface area contributed by atoms with Crippen LogP contribution in [0.15, 0.2) is 18.2 Å². The molecule has 1 atom stereocenters. The summed E-state index contributed by atoms with van der Waals surface area (Å²) in [5.74, 6) is -0.813. The Bertz CT molecular complexity index is 568. The Kier molecular flexibility index (Phi) is 6.36. The van der Waals surface area contributed by atoms with Gasteiger partial charge in [0.25, 0.3) is 0 Å². The van der Waals surface area contributed by atoms with Gasteiger partial charge < -0.3 is 19.5 Å². The van der Waals surface area contributed by atoms with E-state index in [0.717, 1.165) is 0 Å². The van der Waals surface area contributed by atoms with Crippen LogP contribution in [0.4, 0.5) is 9.18 Å². The predicted octanol–water partition coefficient (Wildman–Crippen LogP) is 2.44. The fourth-order valence-electron chi connectivity index (χ4n) is 1.89. The number of nitrogens with one attached hydrogen (secondary N) is 1. The average Bonchev–Trinajstić information content (AvgIpc) is 2.45. The van der Waals surface area contributed by atoms with Gasteiger partial charge >= 0.3 is 12.1 Å². The highest BCUT2D eigenvalue weighted by molar-refractivity contribution is 5.81. The van der Waals surface area contributed by atoms with Gasteiger partial charge in [-0.15, -0.1) is 0 Å². The number of rotatable bonds is 5. The standard InChI is InChI=1S/C16H22FNO5/c1-16(2,3)23-15(20)18-12(14(19)22-5)8-10-6-7-11(17)9-13(10)21-4/h6-7,9,12H,8H2,1-5H3,(H,18,20)/i17-1. The molecule has 23 heavy (non-hydrogen) atoms. The number of hydrogen-bond donors (Lipinski definition) is 1. The quantitative estimate of drug-likeness (QED) is 0.841. The van der Waals surface area contributed by atoms with Gasteiger partial charge in [0.15, 0.2) is 0 Å². The second kappa shape index (κ2) is 7.80. The maximum absolute atomic E-state index is 13.2. The van der Waals surface area contributed by atoms with Crippen molar-refractivity contribution in [1.82, 2.24) is 5.32 Å². The summed E-state index contributed by atoms with van der Waals surface area (Å²) in [6, 6.07) is 2.96. The van der Waals surface area contributed by atoms with Crippen molar-refractivity contribution in [3.05, 3.63) is 29.6 Å². The summed E-state index contributed by atoms with van der Waals surface area (Å²) in [7, 11) is 2.61. The molecule has 1 aromatic carbocycles. The summed E-state index contributed by atoms with van der Waals surface area (Å²) >= 11 is 0. The number of halogens is 1. The molecule has 0 aromatic heterocycles. The lowest BCUT2D eigenvalue weighted by Gasteiger charge is -2.23. The Balaban J connectivity index is 2.92. The molecule has 1 rings (SSSR count). The van der Waals surface area contributed by atoms with Gasteiger partial charge in [0.05, 0.1) is 14.2 Å². The van der Waals surface area contributed by atoms with Gasteiger partial charge in [-0.1, -0.05) is 6.07 Å². The Labute approximate surface area is 134 Å². The largest absolute Gasteiger partial charge is 0.496 e. The minimum Gasteiger partial charge on any atom is -0.496 e. The zero-order valence-electron chi connectivity index (χ0n) is 13.9. The number of hydrogen-bond acceptors (Lipinski definition) is 5. The third-order valence-electron chi connectivity index (χ3n) is 2.85. The zero-order valence-corrected chi connectivity index (χ0v) is 13.9. The molecule has 0 bridgehead atoms. The molecule has 0 heterocycles. The number of benzene rings is 1. The first kappa shape index (κ1) is 18.7. The number of amides is 1. The molecule has 128 valence electrons. The maximum Gasteiger partial charge on any atom is 0.408 e.